The maximum Gasteiger partial charge on any atom is 0.267 e. The van der Waals surface area contributed by atoms with E-state index >= 15 is 0 Å². The van der Waals surface area contributed by atoms with Crippen molar-refractivity contribution < 1.29 is 4.79 Å². The number of hydrogen-bond donors (Lipinski definition) is 1. The Morgan fingerprint density at radius 3 is 2.50 bits per heavy atom. The first-order valence-electron chi connectivity index (χ1n) is 5.98. The number of aromatic nitrogens is 2. The van der Waals surface area contributed by atoms with Gasteiger partial charge in [-0.25, -0.2) is 9.97 Å². The maximum atomic E-state index is 11.3. The molecule has 0 atom stereocenters. The van der Waals surface area contributed by atoms with Gasteiger partial charge < -0.3 is 5.73 Å². The number of carbonyl (C=O) groups excluding carboxylic acids is 1. The van der Waals surface area contributed by atoms with Crippen molar-refractivity contribution in [3.63, 3.8) is 0 Å². The molecule has 0 bridgehead atoms. The summed E-state index contributed by atoms with van der Waals surface area (Å²) in [5.74, 6) is 0.541. The van der Waals surface area contributed by atoms with Gasteiger partial charge in [-0.1, -0.05) is 30.3 Å². The lowest BCUT2D eigenvalue weighted by atomic mass is 10.2. The van der Waals surface area contributed by atoms with Crippen molar-refractivity contribution in [3.8, 4) is 11.4 Å². The fourth-order valence-electron chi connectivity index (χ4n) is 1.90. The highest BCUT2D eigenvalue weighted by Crippen LogP contribution is 2.39. The fraction of sp³-hybridized carbons (Fsp3) is 0.214. The second-order valence-electron chi connectivity index (χ2n) is 4.51. The molecule has 0 aliphatic heterocycles. The van der Waals surface area contributed by atoms with Gasteiger partial charge in [0.05, 0.1) is 0 Å². The zero-order chi connectivity index (χ0) is 12.5. The van der Waals surface area contributed by atoms with Crippen LogP contribution in [-0.4, -0.2) is 15.9 Å². The lowest BCUT2D eigenvalue weighted by molar-refractivity contribution is 0.0995. The highest BCUT2D eigenvalue weighted by molar-refractivity contribution is 5.91. The largest absolute Gasteiger partial charge is 0.364 e. The number of nitrogens with zero attached hydrogens (tertiary/aromatic N) is 2. The number of nitrogens with two attached hydrogens (primary N) is 1. The van der Waals surface area contributed by atoms with Gasteiger partial charge in [0.1, 0.15) is 5.69 Å². The second-order valence-corrected chi connectivity index (χ2v) is 4.51. The monoisotopic (exact) mass is 239 g/mol. The van der Waals surface area contributed by atoms with Crippen LogP contribution in [0.2, 0.25) is 0 Å². The number of primary amides is 1. The molecule has 3 rings (SSSR count). The Labute approximate surface area is 105 Å². The van der Waals surface area contributed by atoms with Crippen LogP contribution in [0.25, 0.3) is 11.4 Å². The number of amides is 1. The Bertz CT molecular complexity index is 591. The molecule has 1 aliphatic rings. The quantitative estimate of drug-likeness (QED) is 0.891. The third-order valence-electron chi connectivity index (χ3n) is 3.03. The third-order valence-corrected chi connectivity index (χ3v) is 3.03. The Morgan fingerprint density at radius 1 is 1.17 bits per heavy atom. The topological polar surface area (TPSA) is 68.9 Å². The Kier molecular flexibility index (Phi) is 2.55. The summed E-state index contributed by atoms with van der Waals surface area (Å²) in [5, 5.41) is 0. The minimum atomic E-state index is -0.503. The zero-order valence-corrected chi connectivity index (χ0v) is 9.84. The maximum absolute atomic E-state index is 11.3. The van der Waals surface area contributed by atoms with Crippen LogP contribution >= 0.6 is 0 Å². The fourth-order valence-corrected chi connectivity index (χ4v) is 1.90. The molecule has 0 saturated heterocycles. The summed E-state index contributed by atoms with van der Waals surface area (Å²) in [7, 11) is 0. The van der Waals surface area contributed by atoms with E-state index in [1.54, 1.807) is 6.07 Å². The van der Waals surface area contributed by atoms with Crippen LogP contribution in [-0.2, 0) is 0 Å². The summed E-state index contributed by atoms with van der Waals surface area (Å²) in [6, 6.07) is 11.3. The first-order chi connectivity index (χ1) is 8.74. The summed E-state index contributed by atoms with van der Waals surface area (Å²) in [6.07, 6.45) is 2.26. The highest BCUT2D eigenvalue weighted by atomic mass is 16.1. The van der Waals surface area contributed by atoms with Gasteiger partial charge in [0.15, 0.2) is 5.82 Å². The minimum Gasteiger partial charge on any atom is -0.364 e. The van der Waals surface area contributed by atoms with E-state index in [9.17, 15) is 4.79 Å². The van der Waals surface area contributed by atoms with E-state index < -0.39 is 5.91 Å². The van der Waals surface area contributed by atoms with Crippen molar-refractivity contribution >= 4 is 5.91 Å². The van der Waals surface area contributed by atoms with Crippen LogP contribution in [0.1, 0.15) is 34.9 Å². The lowest BCUT2D eigenvalue weighted by Crippen LogP contribution is -2.14. The Hall–Kier alpha value is -2.23. The molecule has 1 amide bonds. The van der Waals surface area contributed by atoms with Gasteiger partial charge >= 0.3 is 0 Å². The van der Waals surface area contributed by atoms with Crippen molar-refractivity contribution in [2.75, 3.05) is 0 Å². The molecular weight excluding hydrogens is 226 g/mol. The molecule has 4 heteroatoms. The smallest absolute Gasteiger partial charge is 0.267 e. The van der Waals surface area contributed by atoms with Crippen molar-refractivity contribution in [3.05, 3.63) is 47.8 Å². The second kappa shape index (κ2) is 4.22. The molecule has 4 nitrogen and oxygen atoms in total. The van der Waals surface area contributed by atoms with E-state index in [-0.39, 0.29) is 0 Å². The summed E-state index contributed by atoms with van der Waals surface area (Å²) in [6.45, 7) is 0. The number of carbonyl (C=O) groups is 1. The van der Waals surface area contributed by atoms with E-state index in [1.807, 2.05) is 30.3 Å². The van der Waals surface area contributed by atoms with Crippen LogP contribution in [0.4, 0.5) is 0 Å². The van der Waals surface area contributed by atoms with Crippen LogP contribution in [0.3, 0.4) is 0 Å². The average molecular weight is 239 g/mol. The minimum absolute atomic E-state index is 0.297. The summed E-state index contributed by atoms with van der Waals surface area (Å²) in [4.78, 5) is 20.1. The van der Waals surface area contributed by atoms with E-state index in [4.69, 9.17) is 5.73 Å². The number of hydrogen-bond acceptors (Lipinski definition) is 3. The van der Waals surface area contributed by atoms with Crippen molar-refractivity contribution in [2.24, 2.45) is 5.73 Å². The van der Waals surface area contributed by atoms with Gasteiger partial charge in [-0.2, -0.15) is 0 Å². The van der Waals surface area contributed by atoms with Gasteiger partial charge in [-0.15, -0.1) is 0 Å². The normalized spacial score (nSPS) is 14.4. The van der Waals surface area contributed by atoms with E-state index in [0.29, 0.717) is 17.4 Å². The molecule has 1 aliphatic carbocycles. The summed E-state index contributed by atoms with van der Waals surface area (Å²) in [5.41, 5.74) is 7.45. The molecule has 0 unspecified atom stereocenters. The molecule has 1 saturated carbocycles. The molecule has 1 aromatic carbocycles. The van der Waals surface area contributed by atoms with Gasteiger partial charge in [0.2, 0.25) is 0 Å². The number of benzene rings is 1. The molecule has 2 aromatic rings. The predicted molar refractivity (Wildman–Crippen MR) is 68.0 cm³/mol. The standard InChI is InChI=1S/C14H13N3O/c15-13(18)12-8-11(9-6-7-9)16-14(17-12)10-4-2-1-3-5-10/h1-5,8-9H,6-7H2,(H2,15,18). The van der Waals surface area contributed by atoms with E-state index in [1.165, 1.54) is 0 Å². The first kappa shape index (κ1) is 10.9. The molecule has 1 fully saturated rings. The molecule has 1 aromatic heterocycles. The van der Waals surface area contributed by atoms with Crippen LogP contribution < -0.4 is 5.73 Å². The molecule has 18 heavy (non-hydrogen) atoms. The molecule has 90 valence electrons. The average Bonchev–Trinajstić information content (AvgIpc) is 3.23. The van der Waals surface area contributed by atoms with E-state index in [0.717, 1.165) is 24.1 Å². The SMILES string of the molecule is NC(=O)c1cc(C2CC2)nc(-c2ccccc2)n1. The van der Waals surface area contributed by atoms with Crippen LogP contribution in [0.5, 0.6) is 0 Å². The predicted octanol–water partition coefficient (Wildman–Crippen LogP) is 2.12. The molecule has 1 heterocycles. The van der Waals surface area contributed by atoms with Crippen molar-refractivity contribution in [2.45, 2.75) is 18.8 Å². The molecule has 2 N–H and O–H groups in total. The lowest BCUT2D eigenvalue weighted by Gasteiger charge is -2.05. The molecular formula is C14H13N3O. The van der Waals surface area contributed by atoms with Crippen LogP contribution in [0, 0.1) is 0 Å². The summed E-state index contributed by atoms with van der Waals surface area (Å²) >= 11 is 0. The van der Waals surface area contributed by atoms with Gasteiger partial charge in [-0.3, -0.25) is 4.79 Å². The Morgan fingerprint density at radius 2 is 1.89 bits per heavy atom. The van der Waals surface area contributed by atoms with Gasteiger partial charge in [-0.05, 0) is 18.9 Å². The van der Waals surface area contributed by atoms with Gasteiger partial charge in [0, 0.05) is 17.2 Å². The zero-order valence-electron chi connectivity index (χ0n) is 9.84. The van der Waals surface area contributed by atoms with Gasteiger partial charge in [0.25, 0.3) is 5.91 Å². The third kappa shape index (κ3) is 2.09. The van der Waals surface area contributed by atoms with Crippen molar-refractivity contribution in [1.29, 1.82) is 0 Å². The number of rotatable bonds is 3. The molecule has 0 spiro atoms. The first-order valence-corrected chi connectivity index (χ1v) is 5.98. The summed E-state index contributed by atoms with van der Waals surface area (Å²) < 4.78 is 0. The van der Waals surface area contributed by atoms with Crippen molar-refractivity contribution in [1.82, 2.24) is 9.97 Å². The Balaban J connectivity index is 2.11. The van der Waals surface area contributed by atoms with E-state index in [2.05, 4.69) is 9.97 Å². The highest BCUT2D eigenvalue weighted by Gasteiger charge is 2.26. The molecule has 0 radical (unpaired) electrons. The van der Waals surface area contributed by atoms with Crippen LogP contribution in [0.15, 0.2) is 36.4 Å².